The van der Waals surface area contributed by atoms with Gasteiger partial charge in [-0.2, -0.15) is 0 Å². The van der Waals surface area contributed by atoms with Gasteiger partial charge < -0.3 is 20.4 Å². The molecule has 0 spiro atoms. The third-order valence-corrected chi connectivity index (χ3v) is 11.2. The zero-order chi connectivity index (χ0) is 38.7. The van der Waals surface area contributed by atoms with Gasteiger partial charge in [0.25, 0.3) is 0 Å². The Morgan fingerprint density at radius 1 is 0.519 bits per heavy atom. The minimum absolute atomic E-state index is 0.00624. The van der Waals surface area contributed by atoms with Gasteiger partial charge in [-0.1, -0.05) is 99.9 Å². The maximum Gasteiger partial charge on any atom is 0.134 e. The number of hydrogen-bond acceptors (Lipinski definition) is 6. The highest BCUT2D eigenvalue weighted by Gasteiger charge is 2.21. The number of nitrogens with zero attached hydrogens (tertiary/aromatic N) is 2. The first-order chi connectivity index (χ1) is 24.1. The third kappa shape index (κ3) is 10.8. The van der Waals surface area contributed by atoms with Crippen LogP contribution in [0.4, 0.5) is 0 Å². The number of aromatic hydroxyl groups is 4. The molecule has 278 valence electrons. The smallest absolute Gasteiger partial charge is 0.134 e. The van der Waals surface area contributed by atoms with Crippen molar-refractivity contribution in [3.05, 3.63) is 124 Å². The van der Waals surface area contributed by atoms with E-state index in [1.807, 2.05) is 68.7 Å². The molecule has 52 heavy (non-hydrogen) atoms. The molecule has 0 saturated heterocycles. The predicted molar refractivity (Wildman–Crippen MR) is 228 cm³/mol. The lowest BCUT2D eigenvalue weighted by Gasteiger charge is -2.25. The van der Waals surface area contributed by atoms with Gasteiger partial charge in [0.1, 0.15) is 23.0 Å². The molecule has 10 heteroatoms. The number of halogens is 4. The van der Waals surface area contributed by atoms with Crippen LogP contribution in [-0.2, 0) is 37.0 Å². The van der Waals surface area contributed by atoms with Crippen LogP contribution in [0.5, 0.6) is 23.0 Å². The average molecular weight is 964 g/mol. The Morgan fingerprint density at radius 3 is 1.42 bits per heavy atom. The van der Waals surface area contributed by atoms with Crippen LogP contribution in [0.25, 0.3) is 10.8 Å². The summed E-state index contributed by atoms with van der Waals surface area (Å²) >= 11 is 13.8. The molecule has 5 aromatic rings. The Kier molecular flexibility index (Phi) is 14.0. The molecule has 0 atom stereocenters. The van der Waals surface area contributed by atoms with Crippen LogP contribution >= 0.6 is 63.7 Å². The van der Waals surface area contributed by atoms with Crippen LogP contribution in [0, 0.1) is 0 Å². The van der Waals surface area contributed by atoms with E-state index in [1.54, 1.807) is 6.07 Å². The van der Waals surface area contributed by atoms with Gasteiger partial charge in [0, 0.05) is 52.9 Å². The first kappa shape index (κ1) is 42.1. The largest absolute Gasteiger partial charge is 0.508 e. The minimum Gasteiger partial charge on any atom is -0.508 e. The highest BCUT2D eigenvalue weighted by atomic mass is 79.9. The van der Waals surface area contributed by atoms with Gasteiger partial charge >= 0.3 is 0 Å². The summed E-state index contributed by atoms with van der Waals surface area (Å²) < 4.78 is 2.99. The molecule has 0 saturated carbocycles. The monoisotopic (exact) mass is 960 g/mol. The van der Waals surface area contributed by atoms with Crippen molar-refractivity contribution in [1.82, 2.24) is 9.80 Å². The third-order valence-electron chi connectivity index (χ3n) is 8.89. The molecule has 0 fully saturated rings. The van der Waals surface area contributed by atoms with Crippen molar-refractivity contribution in [2.75, 3.05) is 14.1 Å². The first-order valence-electron chi connectivity index (χ1n) is 16.9. The number of rotatable bonds is 8. The standard InChI is InChI=1S/C23H31Br2NO2.C19H17Br2NO2/c1-22(2,3)16-8-14(20(27)18(24)10-16)12-26(7)13-15-9-17(23(4,5)6)11-19(25)21(15)28;1-22(10-13-8-14(20)9-17(21)19(13)24)11-16-15-5-3-2-4-12(15)6-7-18(16)23/h8-11,27-28H,12-13H2,1-7H3;2-9,23-24H,10-11H2,1H3. The summed E-state index contributed by atoms with van der Waals surface area (Å²) in [6.45, 7) is 15.2. The Labute approximate surface area is 342 Å². The van der Waals surface area contributed by atoms with Crippen molar-refractivity contribution in [3.8, 4) is 23.0 Å². The second-order valence-corrected chi connectivity index (χ2v) is 18.9. The van der Waals surface area contributed by atoms with Crippen LogP contribution in [-0.4, -0.2) is 44.3 Å². The highest BCUT2D eigenvalue weighted by molar-refractivity contribution is 9.11. The Balaban J connectivity index is 0.000000235. The molecule has 0 aromatic heterocycles. The van der Waals surface area contributed by atoms with Gasteiger partial charge in [-0.3, -0.25) is 9.80 Å². The van der Waals surface area contributed by atoms with E-state index >= 15 is 0 Å². The molecule has 6 nitrogen and oxygen atoms in total. The van der Waals surface area contributed by atoms with Crippen LogP contribution in [0.2, 0.25) is 0 Å². The van der Waals surface area contributed by atoms with Crippen LogP contribution < -0.4 is 0 Å². The van der Waals surface area contributed by atoms with Gasteiger partial charge in [0.2, 0.25) is 0 Å². The van der Waals surface area contributed by atoms with E-state index in [1.165, 1.54) is 11.1 Å². The molecule has 0 bridgehead atoms. The lowest BCUT2D eigenvalue weighted by Crippen LogP contribution is -2.19. The maximum absolute atomic E-state index is 10.5. The summed E-state index contributed by atoms with van der Waals surface area (Å²) in [6.07, 6.45) is 0. The SMILES string of the molecule is CN(Cc1cc(Br)cc(Br)c1O)Cc1c(O)ccc2ccccc12.CN(Cc1cc(C(C)(C)C)cc(Br)c1O)Cc1cc(C(C)(C)C)cc(Br)c1O. The molecule has 0 heterocycles. The van der Waals surface area contributed by atoms with Crippen LogP contribution in [0.3, 0.4) is 0 Å². The quantitative estimate of drug-likeness (QED) is 0.124. The van der Waals surface area contributed by atoms with Crippen molar-refractivity contribution in [1.29, 1.82) is 0 Å². The van der Waals surface area contributed by atoms with Gasteiger partial charge in [0.05, 0.1) is 13.4 Å². The number of benzene rings is 5. The number of phenolic OH excluding ortho intramolecular Hbond substituents is 4. The molecule has 0 aliphatic rings. The van der Waals surface area contributed by atoms with E-state index in [0.29, 0.717) is 45.3 Å². The molecule has 5 rings (SSSR count). The number of hydrogen-bond donors (Lipinski definition) is 4. The second kappa shape index (κ2) is 17.2. The van der Waals surface area contributed by atoms with E-state index in [2.05, 4.69) is 127 Å². The first-order valence-corrected chi connectivity index (χ1v) is 20.1. The molecule has 4 N–H and O–H groups in total. The van der Waals surface area contributed by atoms with Crippen molar-refractivity contribution in [2.24, 2.45) is 0 Å². The van der Waals surface area contributed by atoms with Gasteiger partial charge in [-0.25, -0.2) is 0 Å². The summed E-state index contributed by atoms with van der Waals surface area (Å²) in [5, 5.41) is 43.7. The Morgan fingerprint density at radius 2 is 0.942 bits per heavy atom. The van der Waals surface area contributed by atoms with E-state index in [4.69, 9.17) is 0 Å². The molecule has 0 aliphatic carbocycles. The number of phenols is 4. The van der Waals surface area contributed by atoms with E-state index in [-0.39, 0.29) is 28.1 Å². The molecule has 0 radical (unpaired) electrons. The van der Waals surface area contributed by atoms with Crippen molar-refractivity contribution in [2.45, 2.75) is 78.6 Å². The van der Waals surface area contributed by atoms with Gasteiger partial charge in [-0.05, 0) is 125 Å². The fourth-order valence-electron chi connectivity index (χ4n) is 5.90. The molecular formula is C42H48Br4N2O4. The van der Waals surface area contributed by atoms with E-state index < -0.39 is 0 Å². The van der Waals surface area contributed by atoms with Gasteiger partial charge in [0.15, 0.2) is 0 Å². The lowest BCUT2D eigenvalue weighted by molar-refractivity contribution is 0.305. The fraction of sp³-hybridized carbons (Fsp3) is 0.333. The van der Waals surface area contributed by atoms with Crippen LogP contribution in [0.1, 0.15) is 74.9 Å². The molecule has 0 unspecified atom stereocenters. The van der Waals surface area contributed by atoms with E-state index in [0.717, 1.165) is 37.5 Å². The van der Waals surface area contributed by atoms with Crippen molar-refractivity contribution >= 4 is 74.5 Å². The average Bonchev–Trinajstić information content (AvgIpc) is 3.04. The predicted octanol–water partition coefficient (Wildman–Crippen LogP) is 12.3. The van der Waals surface area contributed by atoms with Crippen molar-refractivity contribution < 1.29 is 20.4 Å². The minimum atomic E-state index is -0.00624. The maximum atomic E-state index is 10.5. The Bertz CT molecular complexity index is 1980. The molecule has 5 aromatic carbocycles. The molecular weight excluding hydrogens is 916 g/mol. The molecule has 0 amide bonds. The molecule has 0 aliphatic heterocycles. The summed E-state index contributed by atoms with van der Waals surface area (Å²) in [5.74, 6) is 1.08. The van der Waals surface area contributed by atoms with Gasteiger partial charge in [-0.15, -0.1) is 0 Å². The summed E-state index contributed by atoms with van der Waals surface area (Å²) in [4.78, 5) is 4.16. The zero-order valence-electron chi connectivity index (χ0n) is 31.0. The summed E-state index contributed by atoms with van der Waals surface area (Å²) in [6, 6.07) is 23.5. The van der Waals surface area contributed by atoms with Crippen molar-refractivity contribution in [3.63, 3.8) is 0 Å². The fourth-order valence-corrected chi connectivity index (χ4v) is 8.22. The number of fused-ring (bicyclic) bond motifs is 1. The normalized spacial score (nSPS) is 12.0. The summed E-state index contributed by atoms with van der Waals surface area (Å²) in [7, 11) is 3.96. The topological polar surface area (TPSA) is 87.4 Å². The Hall–Kier alpha value is -2.60. The van der Waals surface area contributed by atoms with Crippen LogP contribution in [0.15, 0.2) is 90.7 Å². The summed E-state index contributed by atoms with van der Waals surface area (Å²) in [5.41, 5.74) is 5.77. The zero-order valence-corrected chi connectivity index (χ0v) is 37.3. The van der Waals surface area contributed by atoms with E-state index in [9.17, 15) is 20.4 Å². The second-order valence-electron chi connectivity index (χ2n) is 15.5. The highest BCUT2D eigenvalue weighted by Crippen LogP contribution is 2.38. The lowest BCUT2D eigenvalue weighted by atomic mass is 9.85.